The highest BCUT2D eigenvalue weighted by molar-refractivity contribution is 6.04. The average molecular weight is 630 g/mol. The summed E-state index contributed by atoms with van der Waals surface area (Å²) in [6.07, 6.45) is 5.15. The fourth-order valence-corrected chi connectivity index (χ4v) is 3.83. The van der Waals surface area contributed by atoms with E-state index in [1.165, 1.54) is 70.1 Å². The van der Waals surface area contributed by atoms with Crippen LogP contribution < -0.4 is 5.73 Å². The summed E-state index contributed by atoms with van der Waals surface area (Å²) >= 11 is 0. The van der Waals surface area contributed by atoms with Gasteiger partial charge in [-0.2, -0.15) is 0 Å². The fraction of sp³-hybridized carbons (Fsp3) is 0.161. The zero-order chi connectivity index (χ0) is 32.1. The molecule has 4 aromatic rings. The number of rotatable bonds is 7. The van der Waals surface area contributed by atoms with Gasteiger partial charge < -0.3 is 20.3 Å². The molecule has 0 aliphatic carbocycles. The Bertz CT molecular complexity index is 1630. The number of hydrogen-bond donors (Lipinski definition) is 2. The molecule has 13 heteroatoms. The molecule has 0 atom stereocenters. The number of pyridine rings is 2. The first kappa shape index (κ1) is 37.0. The number of aromatic nitrogens is 2. The predicted molar refractivity (Wildman–Crippen MR) is 161 cm³/mol. The van der Waals surface area contributed by atoms with Crippen molar-refractivity contribution in [3.8, 4) is 22.3 Å². The molecule has 0 radical (unpaired) electrons. The lowest BCUT2D eigenvalue weighted by molar-refractivity contribution is 0.0591. The van der Waals surface area contributed by atoms with Crippen molar-refractivity contribution >= 4 is 36.1 Å². The molecule has 2 aromatic carbocycles. The number of hydrogen-bond acceptors (Lipinski definition) is 9. The Morgan fingerprint density at radius 3 is 1.50 bits per heavy atom. The Kier molecular flexibility index (Phi) is 14.9. The molecule has 0 fully saturated rings. The van der Waals surface area contributed by atoms with E-state index in [9.17, 15) is 33.1 Å². The Labute approximate surface area is 258 Å². The summed E-state index contributed by atoms with van der Waals surface area (Å²) in [6, 6.07) is 11.3. The lowest BCUT2D eigenvalue weighted by atomic mass is 9.94. The summed E-state index contributed by atoms with van der Waals surface area (Å²) in [7, 11) is 3.96. The van der Waals surface area contributed by atoms with Crippen LogP contribution in [0.15, 0.2) is 73.3 Å². The van der Waals surface area contributed by atoms with Crippen LogP contribution in [0.25, 0.3) is 22.3 Å². The highest BCUT2D eigenvalue weighted by Crippen LogP contribution is 2.29. The molecule has 44 heavy (non-hydrogen) atoms. The second kappa shape index (κ2) is 17.8. The van der Waals surface area contributed by atoms with E-state index in [1.807, 2.05) is 0 Å². The molecule has 0 aliphatic rings. The van der Waals surface area contributed by atoms with E-state index in [2.05, 4.69) is 25.2 Å². The van der Waals surface area contributed by atoms with Crippen LogP contribution in [0.2, 0.25) is 0 Å². The maximum Gasteiger partial charge on any atom is 0.337 e. The molecule has 2 aromatic heterocycles. The fourth-order valence-electron chi connectivity index (χ4n) is 3.83. The molecule has 0 spiro atoms. The summed E-state index contributed by atoms with van der Waals surface area (Å²) in [5.74, 6) is -3.79. The summed E-state index contributed by atoms with van der Waals surface area (Å²) in [6.45, 7) is 1.71. The number of ether oxygens (including phenoxy) is 2. The maximum atomic E-state index is 13.9. The minimum atomic E-state index is -1.26. The van der Waals surface area contributed by atoms with E-state index in [0.717, 1.165) is 18.5 Å². The molecule has 0 saturated heterocycles. The van der Waals surface area contributed by atoms with Crippen LogP contribution in [0.1, 0.15) is 54.8 Å². The lowest BCUT2D eigenvalue weighted by Gasteiger charge is -2.10. The number of methoxy groups -OCH3 is 2. The van der Waals surface area contributed by atoms with Crippen LogP contribution in [0.3, 0.4) is 0 Å². The SMILES string of the molecule is CCC(=O)c1cc(C(=O)OC)ccc1-c1ccncc1F.CN.COC(=O)c1ccc(-c2ccncc2F)c(C(=O)O)c1.Cl. The standard InChI is InChI=1S/C16H14FNO3.C14H10FNO4.CH5N.ClH/c1-3-15(19)13-8-10(16(20)21-2)4-5-11(13)12-6-7-18-9-14(12)17;1-20-14(19)8-2-3-9(11(6-8)13(17)18)10-4-5-16-7-12(10)15;1-2;/h4-9H,3H2,1-2H3;2-7H,1H3,(H,17,18);2H2,1H3;1H. The zero-order valence-electron chi connectivity index (χ0n) is 24.2. The number of carboxylic acids is 1. The minimum absolute atomic E-state index is 0. The van der Waals surface area contributed by atoms with Gasteiger partial charge in [0.25, 0.3) is 0 Å². The van der Waals surface area contributed by atoms with Crippen molar-refractivity contribution in [1.82, 2.24) is 9.97 Å². The Morgan fingerprint density at radius 2 is 1.14 bits per heavy atom. The molecule has 0 saturated carbocycles. The third-order valence-corrected chi connectivity index (χ3v) is 5.86. The maximum absolute atomic E-state index is 13.9. The number of benzene rings is 2. The number of esters is 2. The van der Waals surface area contributed by atoms with Crippen molar-refractivity contribution < 1.29 is 42.5 Å². The first-order chi connectivity index (χ1) is 20.6. The number of nitrogens with zero attached hydrogens (tertiary/aromatic N) is 2. The van der Waals surface area contributed by atoms with Crippen molar-refractivity contribution in [2.45, 2.75) is 13.3 Å². The van der Waals surface area contributed by atoms with E-state index >= 15 is 0 Å². The van der Waals surface area contributed by atoms with Crippen molar-refractivity contribution in [2.24, 2.45) is 5.73 Å². The van der Waals surface area contributed by atoms with E-state index in [-0.39, 0.29) is 58.0 Å². The number of nitrogens with two attached hydrogens (primary N) is 1. The number of carbonyl (C=O) groups excluding carboxylic acids is 3. The first-order valence-electron chi connectivity index (χ1n) is 12.6. The molecule has 10 nitrogen and oxygen atoms in total. The molecule has 4 rings (SSSR count). The Balaban J connectivity index is 0.000000408. The molecule has 2 heterocycles. The summed E-state index contributed by atoms with van der Waals surface area (Å²) in [4.78, 5) is 53.6. The largest absolute Gasteiger partial charge is 0.478 e. The summed E-state index contributed by atoms with van der Waals surface area (Å²) in [5.41, 5.74) is 5.95. The summed E-state index contributed by atoms with van der Waals surface area (Å²) < 4.78 is 36.7. The van der Waals surface area contributed by atoms with Gasteiger partial charge in [-0.25, -0.2) is 23.2 Å². The van der Waals surface area contributed by atoms with Crippen molar-refractivity contribution in [2.75, 3.05) is 21.3 Å². The van der Waals surface area contributed by atoms with E-state index in [4.69, 9.17) is 0 Å². The average Bonchev–Trinajstić information content (AvgIpc) is 3.04. The van der Waals surface area contributed by atoms with Gasteiger partial charge in [0.1, 0.15) is 11.6 Å². The van der Waals surface area contributed by atoms with Crippen LogP contribution in [0, 0.1) is 11.6 Å². The molecular formula is C31H30ClF2N3O7. The second-order valence-electron chi connectivity index (χ2n) is 8.30. The Hall–Kier alpha value is -5.07. The van der Waals surface area contributed by atoms with E-state index < -0.39 is 29.5 Å². The van der Waals surface area contributed by atoms with Gasteiger partial charge in [-0.15, -0.1) is 12.4 Å². The number of ketones is 1. The smallest absolute Gasteiger partial charge is 0.337 e. The first-order valence-corrected chi connectivity index (χ1v) is 12.6. The zero-order valence-corrected chi connectivity index (χ0v) is 25.0. The molecule has 0 amide bonds. The minimum Gasteiger partial charge on any atom is -0.478 e. The Morgan fingerprint density at radius 1 is 0.727 bits per heavy atom. The molecule has 0 aliphatic heterocycles. The number of aromatic carboxylic acids is 1. The molecule has 0 unspecified atom stereocenters. The van der Waals surface area contributed by atoms with Gasteiger partial charge in [-0.3, -0.25) is 14.8 Å². The van der Waals surface area contributed by atoms with Gasteiger partial charge in [0.15, 0.2) is 5.78 Å². The van der Waals surface area contributed by atoms with E-state index in [1.54, 1.807) is 13.0 Å². The number of Topliss-reactive ketones (excluding diaryl/α,β-unsaturated/α-hetero) is 1. The van der Waals surface area contributed by atoms with Crippen LogP contribution in [-0.4, -0.2) is 60.0 Å². The van der Waals surface area contributed by atoms with Gasteiger partial charge in [-0.1, -0.05) is 19.1 Å². The van der Waals surface area contributed by atoms with Crippen molar-refractivity contribution in [3.63, 3.8) is 0 Å². The topological polar surface area (TPSA) is 159 Å². The van der Waals surface area contributed by atoms with Gasteiger partial charge in [0, 0.05) is 35.5 Å². The summed E-state index contributed by atoms with van der Waals surface area (Å²) in [5, 5.41) is 9.21. The molecule has 3 N–H and O–H groups in total. The number of carboxylic acid groups (broad SMARTS) is 1. The van der Waals surface area contributed by atoms with Gasteiger partial charge in [-0.05, 0) is 54.6 Å². The number of halogens is 3. The van der Waals surface area contributed by atoms with Gasteiger partial charge in [0.05, 0.1) is 43.3 Å². The third-order valence-electron chi connectivity index (χ3n) is 5.86. The highest BCUT2D eigenvalue weighted by Gasteiger charge is 2.19. The van der Waals surface area contributed by atoms with E-state index in [0.29, 0.717) is 11.1 Å². The third kappa shape index (κ3) is 8.96. The lowest BCUT2D eigenvalue weighted by Crippen LogP contribution is -2.06. The molecule has 0 bridgehead atoms. The van der Waals surface area contributed by atoms with Crippen LogP contribution in [0.4, 0.5) is 8.78 Å². The van der Waals surface area contributed by atoms with Crippen LogP contribution in [0.5, 0.6) is 0 Å². The van der Waals surface area contributed by atoms with Crippen LogP contribution >= 0.6 is 12.4 Å². The highest BCUT2D eigenvalue weighted by atomic mass is 35.5. The number of carbonyl (C=O) groups is 4. The van der Waals surface area contributed by atoms with Crippen molar-refractivity contribution in [1.29, 1.82) is 0 Å². The quantitative estimate of drug-likeness (QED) is 0.194. The predicted octanol–water partition coefficient (Wildman–Crippen LogP) is 5.64. The van der Waals surface area contributed by atoms with Gasteiger partial charge >= 0.3 is 17.9 Å². The normalized spacial score (nSPS) is 9.61. The second-order valence-corrected chi connectivity index (χ2v) is 8.30. The van der Waals surface area contributed by atoms with Gasteiger partial charge in [0.2, 0.25) is 0 Å². The van der Waals surface area contributed by atoms with Crippen molar-refractivity contribution in [3.05, 3.63) is 107 Å². The van der Waals surface area contributed by atoms with Crippen LogP contribution in [-0.2, 0) is 9.47 Å². The molecule has 232 valence electrons. The monoisotopic (exact) mass is 629 g/mol. The molecular weight excluding hydrogens is 600 g/mol.